The topological polar surface area (TPSA) is 87.7 Å². The highest BCUT2D eigenvalue weighted by molar-refractivity contribution is 5.96. The van der Waals surface area contributed by atoms with Crippen molar-refractivity contribution in [2.75, 3.05) is 26.7 Å². The van der Waals surface area contributed by atoms with Gasteiger partial charge in [-0.15, -0.1) is 0 Å². The molecule has 8 nitrogen and oxygen atoms in total. The van der Waals surface area contributed by atoms with Crippen LogP contribution in [0, 0.1) is 19.8 Å². The summed E-state index contributed by atoms with van der Waals surface area (Å²) in [7, 11) is 1.51. The van der Waals surface area contributed by atoms with Gasteiger partial charge in [0.25, 0.3) is 0 Å². The van der Waals surface area contributed by atoms with E-state index in [0.717, 1.165) is 42.1 Å². The molecule has 0 aliphatic carbocycles. The Morgan fingerprint density at radius 3 is 2.64 bits per heavy atom. The number of aryl methyl sites for hydroxylation is 1. The number of ether oxygens (including phenoxy) is 1. The number of hydrogen-bond acceptors (Lipinski definition) is 6. The van der Waals surface area contributed by atoms with Gasteiger partial charge in [0.15, 0.2) is 0 Å². The lowest BCUT2D eigenvalue weighted by atomic mass is 9.97. The lowest BCUT2D eigenvalue weighted by Gasteiger charge is -2.40. The maximum atomic E-state index is 11.8. The quantitative estimate of drug-likeness (QED) is 0.877. The molecule has 1 unspecified atom stereocenters. The standard InChI is InChI=1S/C17H25N5O3/c1-11-12(2)18-10-19-16(11)25-9-13-4-6-22(7-5-13)14-8-15(23)21(3)17(24)20-14/h10,13-14H,4-9H2,1-3H3,(H,20,24). The minimum atomic E-state index is -0.318. The number of aromatic nitrogens is 2. The van der Waals surface area contributed by atoms with Crippen LogP contribution < -0.4 is 10.1 Å². The fourth-order valence-corrected chi connectivity index (χ4v) is 3.22. The number of piperidine rings is 1. The molecule has 8 heteroatoms. The van der Waals surface area contributed by atoms with Crippen LogP contribution in [0.25, 0.3) is 0 Å². The molecule has 3 rings (SSSR count). The third kappa shape index (κ3) is 3.89. The van der Waals surface area contributed by atoms with E-state index in [0.29, 0.717) is 24.8 Å². The lowest BCUT2D eigenvalue weighted by molar-refractivity contribution is -0.130. The van der Waals surface area contributed by atoms with Gasteiger partial charge in [0, 0.05) is 31.4 Å². The van der Waals surface area contributed by atoms with Gasteiger partial charge in [-0.25, -0.2) is 14.8 Å². The van der Waals surface area contributed by atoms with Crippen LogP contribution in [0.4, 0.5) is 4.79 Å². The van der Waals surface area contributed by atoms with Crippen molar-refractivity contribution in [1.29, 1.82) is 0 Å². The second-order valence-corrected chi connectivity index (χ2v) is 6.80. The molecule has 0 radical (unpaired) electrons. The molecule has 1 N–H and O–H groups in total. The number of rotatable bonds is 4. The molecule has 1 atom stereocenters. The molecular formula is C17H25N5O3. The van der Waals surface area contributed by atoms with E-state index in [1.165, 1.54) is 13.4 Å². The predicted molar refractivity (Wildman–Crippen MR) is 91.0 cm³/mol. The number of nitrogens with zero attached hydrogens (tertiary/aromatic N) is 4. The first-order chi connectivity index (χ1) is 12.0. The third-order valence-corrected chi connectivity index (χ3v) is 5.17. The van der Waals surface area contributed by atoms with Gasteiger partial charge >= 0.3 is 6.03 Å². The smallest absolute Gasteiger partial charge is 0.325 e. The molecular weight excluding hydrogens is 322 g/mol. The average Bonchev–Trinajstić information content (AvgIpc) is 2.61. The summed E-state index contributed by atoms with van der Waals surface area (Å²) in [5.74, 6) is 0.973. The van der Waals surface area contributed by atoms with Crippen LogP contribution in [-0.2, 0) is 4.79 Å². The molecule has 25 heavy (non-hydrogen) atoms. The molecule has 0 aromatic carbocycles. The molecule has 0 saturated carbocycles. The minimum absolute atomic E-state index is 0.131. The highest BCUT2D eigenvalue weighted by atomic mass is 16.5. The summed E-state index contributed by atoms with van der Waals surface area (Å²) in [5.41, 5.74) is 1.91. The van der Waals surface area contributed by atoms with Crippen LogP contribution >= 0.6 is 0 Å². The van der Waals surface area contributed by atoms with Crippen molar-refractivity contribution in [2.24, 2.45) is 5.92 Å². The van der Waals surface area contributed by atoms with Gasteiger partial charge in [-0.2, -0.15) is 0 Å². The number of carbonyl (C=O) groups excluding carboxylic acids is 2. The Hall–Kier alpha value is -2.22. The maximum absolute atomic E-state index is 11.8. The summed E-state index contributed by atoms with van der Waals surface area (Å²) in [6.45, 7) is 6.23. The Bertz CT molecular complexity index is 640. The Morgan fingerprint density at radius 2 is 1.96 bits per heavy atom. The third-order valence-electron chi connectivity index (χ3n) is 5.17. The van der Waals surface area contributed by atoms with Crippen LogP contribution in [0.1, 0.15) is 30.5 Å². The van der Waals surface area contributed by atoms with Crippen molar-refractivity contribution >= 4 is 11.9 Å². The molecule has 2 aliphatic heterocycles. The largest absolute Gasteiger partial charge is 0.477 e. The fourth-order valence-electron chi connectivity index (χ4n) is 3.22. The first-order valence-electron chi connectivity index (χ1n) is 8.67. The number of carbonyl (C=O) groups is 2. The van der Waals surface area contributed by atoms with Crippen molar-refractivity contribution < 1.29 is 14.3 Å². The van der Waals surface area contributed by atoms with Crippen molar-refractivity contribution in [3.8, 4) is 5.88 Å². The molecule has 3 amide bonds. The van der Waals surface area contributed by atoms with Crippen molar-refractivity contribution in [2.45, 2.75) is 39.3 Å². The van der Waals surface area contributed by atoms with Gasteiger partial charge in [-0.1, -0.05) is 0 Å². The molecule has 0 bridgehead atoms. The van der Waals surface area contributed by atoms with E-state index in [1.54, 1.807) is 0 Å². The molecule has 0 spiro atoms. The zero-order chi connectivity index (χ0) is 18.0. The monoisotopic (exact) mass is 347 g/mol. The van der Waals surface area contributed by atoms with Crippen LogP contribution in [0.15, 0.2) is 6.33 Å². The fraction of sp³-hybridized carbons (Fsp3) is 0.647. The highest BCUT2D eigenvalue weighted by Gasteiger charge is 2.34. The summed E-state index contributed by atoms with van der Waals surface area (Å²) in [6.07, 6.45) is 3.62. The molecule has 3 heterocycles. The molecule has 1 aromatic heterocycles. The van der Waals surface area contributed by atoms with Gasteiger partial charge in [0.05, 0.1) is 19.2 Å². The van der Waals surface area contributed by atoms with Crippen molar-refractivity contribution in [3.05, 3.63) is 17.6 Å². The SMILES string of the molecule is Cc1ncnc(OCC2CCN(C3CC(=O)N(C)C(=O)N3)CC2)c1C. The molecule has 136 valence electrons. The summed E-state index contributed by atoms with van der Waals surface area (Å²) in [5, 5.41) is 2.90. The average molecular weight is 347 g/mol. The number of amides is 3. The molecule has 2 fully saturated rings. The van der Waals surface area contributed by atoms with E-state index in [2.05, 4.69) is 20.2 Å². The first kappa shape index (κ1) is 17.6. The summed E-state index contributed by atoms with van der Waals surface area (Å²) < 4.78 is 5.89. The van der Waals surface area contributed by atoms with Gasteiger partial charge in [-0.3, -0.25) is 14.6 Å². The van der Waals surface area contributed by atoms with E-state index in [-0.39, 0.29) is 18.1 Å². The summed E-state index contributed by atoms with van der Waals surface area (Å²) in [4.78, 5) is 35.3. The van der Waals surface area contributed by atoms with E-state index in [1.807, 2.05) is 13.8 Å². The zero-order valence-electron chi connectivity index (χ0n) is 15.0. The lowest BCUT2D eigenvalue weighted by Crippen LogP contribution is -2.60. The molecule has 2 aliphatic rings. The van der Waals surface area contributed by atoms with Crippen LogP contribution in [-0.4, -0.2) is 64.6 Å². The highest BCUT2D eigenvalue weighted by Crippen LogP contribution is 2.23. The number of urea groups is 1. The Balaban J connectivity index is 1.48. The number of imide groups is 1. The minimum Gasteiger partial charge on any atom is -0.477 e. The zero-order valence-corrected chi connectivity index (χ0v) is 15.0. The Morgan fingerprint density at radius 1 is 1.24 bits per heavy atom. The Kier molecular flexibility index (Phi) is 5.17. The van der Waals surface area contributed by atoms with Crippen molar-refractivity contribution in [1.82, 2.24) is 25.1 Å². The molecule has 1 aromatic rings. The summed E-state index contributed by atoms with van der Waals surface area (Å²) >= 11 is 0. The van der Waals surface area contributed by atoms with E-state index in [9.17, 15) is 9.59 Å². The van der Waals surface area contributed by atoms with E-state index < -0.39 is 0 Å². The second-order valence-electron chi connectivity index (χ2n) is 6.80. The van der Waals surface area contributed by atoms with Crippen LogP contribution in [0.5, 0.6) is 5.88 Å². The van der Waals surface area contributed by atoms with Crippen molar-refractivity contribution in [3.63, 3.8) is 0 Å². The van der Waals surface area contributed by atoms with Crippen LogP contribution in [0.2, 0.25) is 0 Å². The Labute approximate surface area is 147 Å². The first-order valence-corrected chi connectivity index (χ1v) is 8.67. The van der Waals surface area contributed by atoms with Gasteiger partial charge in [0.1, 0.15) is 6.33 Å². The maximum Gasteiger partial charge on any atom is 0.325 e. The number of likely N-dealkylation sites (tertiary alicyclic amines) is 1. The number of hydrogen-bond donors (Lipinski definition) is 1. The van der Waals surface area contributed by atoms with Gasteiger partial charge in [-0.05, 0) is 32.6 Å². The van der Waals surface area contributed by atoms with Gasteiger partial charge in [0.2, 0.25) is 11.8 Å². The van der Waals surface area contributed by atoms with E-state index >= 15 is 0 Å². The molecule has 2 saturated heterocycles. The number of nitrogens with one attached hydrogen (secondary N) is 1. The second kappa shape index (κ2) is 7.35. The van der Waals surface area contributed by atoms with E-state index in [4.69, 9.17) is 4.74 Å². The normalized spacial score (nSPS) is 22.8. The van der Waals surface area contributed by atoms with Gasteiger partial charge < -0.3 is 10.1 Å². The summed E-state index contributed by atoms with van der Waals surface area (Å²) in [6, 6.07) is -0.318. The predicted octanol–water partition coefficient (Wildman–Crippen LogP) is 1.08. The van der Waals surface area contributed by atoms with Crippen LogP contribution in [0.3, 0.4) is 0 Å².